The predicted octanol–water partition coefficient (Wildman–Crippen LogP) is 3.89. The number of aliphatic carboxylic acids is 1. The summed E-state index contributed by atoms with van der Waals surface area (Å²) < 4.78 is 11.4. The van der Waals surface area contributed by atoms with Crippen molar-refractivity contribution in [3.05, 3.63) is 60.4 Å². The fourth-order valence-corrected chi connectivity index (χ4v) is 2.50. The lowest BCUT2D eigenvalue weighted by Crippen LogP contribution is -2.01. The molecule has 1 aromatic heterocycles. The lowest BCUT2D eigenvalue weighted by Gasteiger charge is -2.11. The molecule has 2 aromatic carbocycles. The standard InChI is InChI=1S/C19H18N2O4/c1-2-24-17-6-13(8-19(22)23)7-18(10-17)25-16-5-3-4-14(9-16)15-11-20-21-12-15/h3-7,9-12H,2,8H2,1H3,(H,20,21)(H,22,23). The van der Waals surface area contributed by atoms with Crippen molar-refractivity contribution in [2.75, 3.05) is 6.61 Å². The largest absolute Gasteiger partial charge is 0.494 e. The van der Waals surface area contributed by atoms with Crippen LogP contribution in [0.2, 0.25) is 0 Å². The van der Waals surface area contributed by atoms with E-state index in [0.29, 0.717) is 29.4 Å². The van der Waals surface area contributed by atoms with E-state index in [1.807, 2.05) is 31.2 Å². The topological polar surface area (TPSA) is 84.4 Å². The van der Waals surface area contributed by atoms with Crippen molar-refractivity contribution in [2.24, 2.45) is 0 Å². The van der Waals surface area contributed by atoms with Crippen molar-refractivity contribution in [3.8, 4) is 28.4 Å². The van der Waals surface area contributed by atoms with E-state index in [9.17, 15) is 4.79 Å². The number of aromatic amines is 1. The molecule has 0 unspecified atom stereocenters. The van der Waals surface area contributed by atoms with Gasteiger partial charge in [-0.25, -0.2) is 0 Å². The molecule has 0 fully saturated rings. The summed E-state index contributed by atoms with van der Waals surface area (Å²) in [6.45, 7) is 2.37. The van der Waals surface area contributed by atoms with Gasteiger partial charge in [0.15, 0.2) is 0 Å². The molecule has 3 aromatic rings. The average molecular weight is 338 g/mol. The van der Waals surface area contributed by atoms with Gasteiger partial charge in [0.25, 0.3) is 0 Å². The van der Waals surface area contributed by atoms with E-state index < -0.39 is 5.97 Å². The molecule has 0 aliphatic carbocycles. The van der Waals surface area contributed by atoms with Crippen molar-refractivity contribution in [1.82, 2.24) is 10.2 Å². The number of carbonyl (C=O) groups is 1. The lowest BCUT2D eigenvalue weighted by molar-refractivity contribution is -0.136. The van der Waals surface area contributed by atoms with Gasteiger partial charge in [-0.05, 0) is 42.3 Å². The van der Waals surface area contributed by atoms with Gasteiger partial charge in [0.05, 0.1) is 19.2 Å². The van der Waals surface area contributed by atoms with Crippen LogP contribution in [0.1, 0.15) is 12.5 Å². The molecule has 0 saturated heterocycles. The molecular weight excluding hydrogens is 320 g/mol. The average Bonchev–Trinajstić information content (AvgIpc) is 3.09. The molecule has 0 bridgehead atoms. The SMILES string of the molecule is CCOc1cc(CC(=O)O)cc(Oc2cccc(-c3cn[nH]c3)c2)c1. The summed E-state index contributed by atoms with van der Waals surface area (Å²) in [6.07, 6.45) is 3.45. The molecule has 0 aliphatic rings. The number of H-pyrrole nitrogens is 1. The van der Waals surface area contributed by atoms with Crippen molar-refractivity contribution in [3.63, 3.8) is 0 Å². The molecule has 25 heavy (non-hydrogen) atoms. The minimum atomic E-state index is -0.901. The molecule has 1 heterocycles. The van der Waals surface area contributed by atoms with Crippen molar-refractivity contribution in [2.45, 2.75) is 13.3 Å². The number of carboxylic acids is 1. The molecule has 0 atom stereocenters. The van der Waals surface area contributed by atoms with Gasteiger partial charge in [-0.2, -0.15) is 5.10 Å². The van der Waals surface area contributed by atoms with Crippen LogP contribution in [0.5, 0.6) is 17.2 Å². The Balaban J connectivity index is 1.87. The van der Waals surface area contributed by atoms with Crippen LogP contribution in [0.4, 0.5) is 0 Å². The molecule has 0 amide bonds. The van der Waals surface area contributed by atoms with Crippen molar-refractivity contribution >= 4 is 5.97 Å². The van der Waals surface area contributed by atoms with Gasteiger partial charge in [-0.1, -0.05) is 12.1 Å². The van der Waals surface area contributed by atoms with Crippen LogP contribution in [0, 0.1) is 0 Å². The summed E-state index contributed by atoms with van der Waals surface area (Å²) in [5.41, 5.74) is 2.55. The van der Waals surface area contributed by atoms with Crippen molar-refractivity contribution < 1.29 is 19.4 Å². The van der Waals surface area contributed by atoms with E-state index in [0.717, 1.165) is 11.1 Å². The number of rotatable bonds is 7. The van der Waals surface area contributed by atoms with Gasteiger partial charge < -0.3 is 14.6 Å². The second kappa shape index (κ2) is 7.53. The van der Waals surface area contributed by atoms with Crippen LogP contribution >= 0.6 is 0 Å². The molecule has 0 radical (unpaired) electrons. The molecule has 0 aliphatic heterocycles. The zero-order chi connectivity index (χ0) is 17.6. The smallest absolute Gasteiger partial charge is 0.307 e. The van der Waals surface area contributed by atoms with E-state index >= 15 is 0 Å². The van der Waals surface area contributed by atoms with Gasteiger partial charge in [0.1, 0.15) is 17.2 Å². The Kier molecular flexibility index (Phi) is 4.99. The maximum atomic E-state index is 11.0. The quantitative estimate of drug-likeness (QED) is 0.682. The van der Waals surface area contributed by atoms with E-state index in [4.69, 9.17) is 14.6 Å². The van der Waals surface area contributed by atoms with E-state index in [1.165, 1.54) is 0 Å². The van der Waals surface area contributed by atoms with Crippen LogP contribution in [-0.4, -0.2) is 27.9 Å². The molecule has 6 heteroatoms. The number of nitrogens with one attached hydrogen (secondary N) is 1. The number of hydrogen-bond donors (Lipinski definition) is 2. The van der Waals surface area contributed by atoms with Gasteiger partial charge >= 0.3 is 5.97 Å². The lowest BCUT2D eigenvalue weighted by atomic mass is 10.1. The Hall–Kier alpha value is -3.28. The van der Waals surface area contributed by atoms with E-state index in [2.05, 4.69) is 10.2 Å². The first-order valence-electron chi connectivity index (χ1n) is 7.89. The van der Waals surface area contributed by atoms with Gasteiger partial charge in [-0.3, -0.25) is 9.89 Å². The summed E-state index contributed by atoms with van der Waals surface area (Å²) in [5, 5.41) is 15.7. The normalized spacial score (nSPS) is 10.4. The van der Waals surface area contributed by atoms with Gasteiger partial charge in [0.2, 0.25) is 0 Å². The number of nitrogens with zero attached hydrogens (tertiary/aromatic N) is 1. The first kappa shape index (κ1) is 16.6. The fraction of sp³-hybridized carbons (Fsp3) is 0.158. The summed E-state index contributed by atoms with van der Waals surface area (Å²) in [5.74, 6) is 0.865. The van der Waals surface area contributed by atoms with Crippen LogP contribution in [0.25, 0.3) is 11.1 Å². The van der Waals surface area contributed by atoms with Crippen LogP contribution in [0.15, 0.2) is 54.9 Å². The summed E-state index contributed by atoms with van der Waals surface area (Å²) in [7, 11) is 0. The maximum absolute atomic E-state index is 11.0. The number of ether oxygens (including phenoxy) is 2. The van der Waals surface area contributed by atoms with E-state index in [1.54, 1.807) is 30.6 Å². The highest BCUT2D eigenvalue weighted by atomic mass is 16.5. The Morgan fingerprint density at radius 3 is 2.68 bits per heavy atom. The summed E-state index contributed by atoms with van der Waals surface area (Å²) >= 11 is 0. The third-order valence-electron chi connectivity index (χ3n) is 3.51. The monoisotopic (exact) mass is 338 g/mol. The van der Waals surface area contributed by atoms with Gasteiger partial charge in [-0.15, -0.1) is 0 Å². The summed E-state index contributed by atoms with van der Waals surface area (Å²) in [6, 6.07) is 12.8. The molecule has 0 spiro atoms. The molecular formula is C19H18N2O4. The molecule has 3 rings (SSSR count). The molecule has 0 saturated carbocycles. The highest BCUT2D eigenvalue weighted by Crippen LogP contribution is 2.30. The Bertz CT molecular complexity index is 860. The first-order valence-corrected chi connectivity index (χ1v) is 7.89. The number of benzene rings is 2. The second-order valence-corrected chi connectivity index (χ2v) is 5.43. The zero-order valence-electron chi connectivity index (χ0n) is 13.7. The third kappa shape index (κ3) is 4.38. The minimum absolute atomic E-state index is 0.0909. The third-order valence-corrected chi connectivity index (χ3v) is 3.51. The number of carboxylic acid groups (broad SMARTS) is 1. The Morgan fingerprint density at radius 2 is 1.96 bits per heavy atom. The van der Waals surface area contributed by atoms with Gasteiger partial charge in [0, 0.05) is 17.8 Å². The number of hydrogen-bond acceptors (Lipinski definition) is 4. The maximum Gasteiger partial charge on any atom is 0.307 e. The number of aromatic nitrogens is 2. The predicted molar refractivity (Wildman–Crippen MR) is 93.0 cm³/mol. The van der Waals surface area contributed by atoms with Crippen LogP contribution < -0.4 is 9.47 Å². The van der Waals surface area contributed by atoms with Crippen molar-refractivity contribution in [1.29, 1.82) is 0 Å². The van der Waals surface area contributed by atoms with Crippen LogP contribution in [-0.2, 0) is 11.2 Å². The first-order chi connectivity index (χ1) is 12.1. The fourth-order valence-electron chi connectivity index (χ4n) is 2.50. The second-order valence-electron chi connectivity index (χ2n) is 5.43. The zero-order valence-corrected chi connectivity index (χ0v) is 13.7. The highest BCUT2D eigenvalue weighted by Gasteiger charge is 2.08. The van der Waals surface area contributed by atoms with E-state index in [-0.39, 0.29) is 6.42 Å². The minimum Gasteiger partial charge on any atom is -0.494 e. The highest BCUT2D eigenvalue weighted by molar-refractivity contribution is 5.70. The van der Waals surface area contributed by atoms with Crippen LogP contribution in [0.3, 0.4) is 0 Å². The Labute approximate surface area is 145 Å². The molecule has 6 nitrogen and oxygen atoms in total. The molecule has 128 valence electrons. The molecule has 2 N–H and O–H groups in total. The summed E-state index contributed by atoms with van der Waals surface area (Å²) in [4.78, 5) is 11.0. The Morgan fingerprint density at radius 1 is 1.12 bits per heavy atom.